The molecule has 2 aliphatic rings. The molecule has 0 bridgehead atoms. The second kappa shape index (κ2) is 8.58. The van der Waals surface area contributed by atoms with E-state index in [2.05, 4.69) is 20.7 Å². The first-order valence-electron chi connectivity index (χ1n) is 11.8. The lowest BCUT2D eigenvalue weighted by atomic mass is 9.89. The van der Waals surface area contributed by atoms with E-state index in [1.54, 1.807) is 17.8 Å². The van der Waals surface area contributed by atoms with E-state index in [4.69, 9.17) is 9.72 Å². The van der Waals surface area contributed by atoms with Crippen molar-refractivity contribution in [3.63, 3.8) is 0 Å². The number of rotatable bonds is 5. The number of carbonyl (C=O) groups is 1. The third kappa shape index (κ3) is 3.62. The lowest BCUT2D eigenvalue weighted by Gasteiger charge is -2.32. The smallest absolute Gasteiger partial charge is 0.257 e. The van der Waals surface area contributed by atoms with Crippen molar-refractivity contribution in [3.8, 4) is 11.3 Å². The van der Waals surface area contributed by atoms with Crippen molar-refractivity contribution in [1.82, 2.24) is 29.5 Å². The normalized spacial score (nSPS) is 24.4. The quantitative estimate of drug-likeness (QED) is 0.402. The van der Waals surface area contributed by atoms with Crippen LogP contribution < -0.4 is 10.6 Å². The van der Waals surface area contributed by atoms with E-state index in [0.717, 1.165) is 17.4 Å². The number of carbonyl (C=O) groups excluding carboxylic acids is 1. The van der Waals surface area contributed by atoms with Crippen LogP contribution in [0.2, 0.25) is 0 Å². The summed E-state index contributed by atoms with van der Waals surface area (Å²) in [5, 5.41) is 21.0. The number of nitrogens with one attached hydrogen (secondary N) is 2. The highest BCUT2D eigenvalue weighted by Crippen LogP contribution is 2.35. The molecule has 6 rings (SSSR count). The Morgan fingerprint density at radius 2 is 2.17 bits per heavy atom. The predicted molar refractivity (Wildman–Crippen MR) is 127 cm³/mol. The fraction of sp³-hybridized carbons (Fsp3) is 0.417. The highest BCUT2D eigenvalue weighted by Gasteiger charge is 2.32. The molecule has 0 aromatic carbocycles. The Labute approximate surface area is 200 Å². The van der Waals surface area contributed by atoms with Crippen LogP contribution in [0.15, 0.2) is 36.8 Å². The van der Waals surface area contributed by atoms with Crippen molar-refractivity contribution in [3.05, 3.63) is 42.4 Å². The second-order valence-electron chi connectivity index (χ2n) is 9.07. The molecule has 1 saturated heterocycles. The van der Waals surface area contributed by atoms with E-state index in [0.29, 0.717) is 47.8 Å². The maximum atomic E-state index is 14.8. The maximum Gasteiger partial charge on any atom is 0.257 e. The van der Waals surface area contributed by atoms with Gasteiger partial charge in [-0.1, -0.05) is 0 Å². The Balaban J connectivity index is 1.47. The van der Waals surface area contributed by atoms with Crippen molar-refractivity contribution < 1.29 is 19.0 Å². The number of amides is 1. The van der Waals surface area contributed by atoms with E-state index in [1.807, 2.05) is 29.0 Å². The molecular formula is C24H26FN7O3. The molecule has 4 aromatic heterocycles. The van der Waals surface area contributed by atoms with Gasteiger partial charge in [-0.05, 0) is 31.4 Å². The molecule has 35 heavy (non-hydrogen) atoms. The molecule has 5 heterocycles. The van der Waals surface area contributed by atoms with E-state index in [9.17, 15) is 14.3 Å². The zero-order valence-corrected chi connectivity index (χ0v) is 19.2. The SMILES string of the molecule is CNc1cc(-c2cn([C@@H]3CCOC[C@@H]3F)c3ncccc23)nc2c(C(=O)N[C@@H]3CC[C@@H]3O)cnn12. The Bertz CT molecular complexity index is 1420. The molecular weight excluding hydrogens is 453 g/mol. The van der Waals surface area contributed by atoms with Gasteiger partial charge in [0.1, 0.15) is 23.2 Å². The maximum absolute atomic E-state index is 14.8. The molecule has 4 atom stereocenters. The third-order valence-corrected chi connectivity index (χ3v) is 7.00. The number of ether oxygens (including phenoxy) is 1. The molecule has 182 valence electrons. The average Bonchev–Trinajstić information content (AvgIpc) is 3.48. The summed E-state index contributed by atoms with van der Waals surface area (Å²) in [5.74, 6) is 0.314. The van der Waals surface area contributed by atoms with Gasteiger partial charge < -0.3 is 25.0 Å². The van der Waals surface area contributed by atoms with Gasteiger partial charge in [0, 0.05) is 43.1 Å². The molecule has 10 nitrogen and oxygen atoms in total. The molecule has 0 radical (unpaired) electrons. The summed E-state index contributed by atoms with van der Waals surface area (Å²) in [5.41, 5.74) is 2.78. The first-order valence-corrected chi connectivity index (χ1v) is 11.8. The Hall–Kier alpha value is -3.57. The van der Waals surface area contributed by atoms with Gasteiger partial charge in [-0.15, -0.1) is 0 Å². The summed E-state index contributed by atoms with van der Waals surface area (Å²) in [7, 11) is 1.77. The van der Waals surface area contributed by atoms with Crippen LogP contribution in [0.4, 0.5) is 10.2 Å². The number of hydrogen-bond acceptors (Lipinski definition) is 7. The zero-order valence-electron chi connectivity index (χ0n) is 19.2. The van der Waals surface area contributed by atoms with Crippen LogP contribution in [0, 0.1) is 0 Å². The fourth-order valence-electron chi connectivity index (χ4n) is 4.88. The van der Waals surface area contributed by atoms with Crippen LogP contribution in [0.3, 0.4) is 0 Å². The number of hydrogen-bond donors (Lipinski definition) is 3. The lowest BCUT2D eigenvalue weighted by Crippen LogP contribution is -2.50. The Kier molecular flexibility index (Phi) is 5.37. The number of pyridine rings is 1. The summed E-state index contributed by atoms with van der Waals surface area (Å²) in [6.45, 7) is 0.551. The number of nitrogens with zero attached hydrogens (tertiary/aromatic N) is 5. The van der Waals surface area contributed by atoms with Gasteiger partial charge in [0.15, 0.2) is 5.65 Å². The summed E-state index contributed by atoms with van der Waals surface area (Å²) >= 11 is 0. The summed E-state index contributed by atoms with van der Waals surface area (Å²) in [4.78, 5) is 22.3. The topological polar surface area (TPSA) is 119 Å². The third-order valence-electron chi connectivity index (χ3n) is 7.00. The molecule has 3 N–H and O–H groups in total. The molecule has 1 amide bonds. The van der Waals surface area contributed by atoms with Crippen molar-refractivity contribution >= 4 is 28.4 Å². The number of halogens is 1. The molecule has 1 saturated carbocycles. The number of alkyl halides is 1. The second-order valence-corrected chi connectivity index (χ2v) is 9.07. The van der Waals surface area contributed by atoms with Gasteiger partial charge in [0.25, 0.3) is 5.91 Å². The van der Waals surface area contributed by atoms with Gasteiger partial charge in [-0.25, -0.2) is 14.4 Å². The molecule has 4 aromatic rings. The Morgan fingerprint density at radius 1 is 1.29 bits per heavy atom. The van der Waals surface area contributed by atoms with E-state index < -0.39 is 12.3 Å². The summed E-state index contributed by atoms with van der Waals surface area (Å²) in [6, 6.07) is 4.98. The number of anilines is 1. The fourth-order valence-corrected chi connectivity index (χ4v) is 4.88. The monoisotopic (exact) mass is 479 g/mol. The van der Waals surface area contributed by atoms with Gasteiger partial charge in [-0.3, -0.25) is 4.79 Å². The van der Waals surface area contributed by atoms with E-state index in [-0.39, 0.29) is 24.6 Å². The van der Waals surface area contributed by atoms with Crippen LogP contribution in [0.5, 0.6) is 0 Å². The van der Waals surface area contributed by atoms with Crippen molar-refractivity contribution in [1.29, 1.82) is 0 Å². The number of aliphatic hydroxyl groups excluding tert-OH is 1. The molecule has 11 heteroatoms. The van der Waals surface area contributed by atoms with Gasteiger partial charge in [-0.2, -0.15) is 9.61 Å². The number of aromatic nitrogens is 5. The standard InChI is InChI=1S/C24H26FN7O3/c1-26-21-9-18(29-23-14(10-28-32(21)23)24(34)30-17-4-5-20(17)33)15-11-31(19-6-8-35-12-16(19)25)22-13(15)3-2-7-27-22/h2-3,7,9-11,16-17,19-20,26,33H,4-6,8,12H2,1H3,(H,30,34)/t16-,17+,19+,20-/m0/s1. The number of fused-ring (bicyclic) bond motifs is 2. The van der Waals surface area contributed by atoms with Gasteiger partial charge in [0.05, 0.1) is 36.7 Å². The van der Waals surface area contributed by atoms with Crippen LogP contribution in [0.1, 0.15) is 35.7 Å². The van der Waals surface area contributed by atoms with E-state index >= 15 is 0 Å². The zero-order chi connectivity index (χ0) is 24.1. The van der Waals surface area contributed by atoms with E-state index in [1.165, 1.54) is 6.20 Å². The first-order chi connectivity index (χ1) is 17.0. The highest BCUT2D eigenvalue weighted by molar-refractivity contribution is 6.01. The van der Waals surface area contributed by atoms with Crippen molar-refractivity contribution in [2.45, 2.75) is 43.6 Å². The van der Waals surface area contributed by atoms with Gasteiger partial charge in [0.2, 0.25) is 0 Å². The van der Waals surface area contributed by atoms with Gasteiger partial charge >= 0.3 is 0 Å². The minimum atomic E-state index is -1.13. The summed E-state index contributed by atoms with van der Waals surface area (Å²) < 4.78 is 23.5. The summed E-state index contributed by atoms with van der Waals surface area (Å²) in [6.07, 6.45) is 5.36. The van der Waals surface area contributed by atoms with Crippen LogP contribution in [0.25, 0.3) is 27.9 Å². The predicted octanol–water partition coefficient (Wildman–Crippen LogP) is 2.34. The minimum absolute atomic E-state index is 0.0601. The van der Waals surface area contributed by atoms with Crippen molar-refractivity contribution in [2.24, 2.45) is 0 Å². The largest absolute Gasteiger partial charge is 0.391 e. The molecule has 1 aliphatic carbocycles. The first kappa shape index (κ1) is 21.9. The minimum Gasteiger partial charge on any atom is -0.391 e. The highest BCUT2D eigenvalue weighted by atomic mass is 19.1. The van der Waals surface area contributed by atoms with Crippen molar-refractivity contribution in [2.75, 3.05) is 25.6 Å². The van der Waals surface area contributed by atoms with Crippen LogP contribution in [-0.2, 0) is 4.74 Å². The Morgan fingerprint density at radius 3 is 2.91 bits per heavy atom. The van der Waals surface area contributed by atoms with Crippen LogP contribution >= 0.6 is 0 Å². The molecule has 2 fully saturated rings. The average molecular weight is 480 g/mol. The molecule has 0 unspecified atom stereocenters. The van der Waals surface area contributed by atoms with Crippen LogP contribution in [-0.4, -0.2) is 73.7 Å². The molecule has 0 spiro atoms. The number of aliphatic hydroxyl groups is 1. The lowest BCUT2D eigenvalue weighted by molar-refractivity contribution is 0.00443. The molecule has 1 aliphatic heterocycles.